The molecule has 1 unspecified atom stereocenters. The van der Waals surface area contributed by atoms with Gasteiger partial charge in [0.15, 0.2) is 0 Å². The average molecular weight is 1960 g/mol. The van der Waals surface area contributed by atoms with E-state index >= 15 is 0 Å². The molecular formula is C73H92N10O53-14. The Balaban J connectivity index is -0.000000770. The van der Waals surface area contributed by atoms with Crippen LogP contribution in [0.1, 0.15) is 127 Å². The van der Waals surface area contributed by atoms with Crippen LogP contribution in [0, 0.1) is 0 Å². The zero-order chi connectivity index (χ0) is 106. The molecule has 0 heterocycles. The minimum absolute atomic E-state index is 0.0451. The Kier molecular flexibility index (Phi) is 62.9. The van der Waals surface area contributed by atoms with Crippen LogP contribution in [0.5, 0.6) is 0 Å². The summed E-state index contributed by atoms with van der Waals surface area (Å²) in [5.74, 6) is -42.0. The van der Waals surface area contributed by atoms with E-state index in [1.807, 2.05) is 0 Å². The quantitative estimate of drug-likeness (QED) is 0.0269. The first kappa shape index (κ1) is 127. The molecule has 0 bridgehead atoms. The molecular weight excluding hydrogens is 1860 g/mol. The molecule has 63 heteroatoms. The van der Waals surface area contributed by atoms with Crippen LogP contribution in [0.15, 0.2) is 0 Å². The van der Waals surface area contributed by atoms with Crippen molar-refractivity contribution in [3.05, 3.63) is 33.4 Å². The number of carbonyl (C=O) groups excluding carboxylic acids is 14. The van der Waals surface area contributed by atoms with Crippen molar-refractivity contribution in [1.82, 2.24) is 49.0 Å². The number of aliphatic carboxylic acids is 20. The van der Waals surface area contributed by atoms with Gasteiger partial charge >= 0.3 is 71.6 Å². The number of hydrogen-bond donors (Lipinski definition) is 13. The predicted molar refractivity (Wildman–Crippen MR) is 399 cm³/mol. The highest BCUT2D eigenvalue weighted by atomic mass is 16.5. The summed E-state index contributed by atoms with van der Waals surface area (Å²) in [6, 6.07) is -1.92. The van der Waals surface area contributed by atoms with Gasteiger partial charge in [0.2, 0.25) is 0 Å². The van der Waals surface area contributed by atoms with Gasteiger partial charge in [-0.25, -0.2) is 14.4 Å². The Morgan fingerprint density at radius 2 is 0.441 bits per heavy atom. The Bertz CT molecular complexity index is 3850. The maximum absolute atomic E-state index is 11.2. The van der Waals surface area contributed by atoms with Crippen LogP contribution < -0.4 is 71.5 Å². The second-order valence-corrected chi connectivity index (χ2v) is 28.4. The molecule has 3 atom stereocenters. The topological polar surface area (TPSA) is 1060 Å². The maximum atomic E-state index is 11.2. The highest BCUT2D eigenvalue weighted by molar-refractivity contribution is 6.22. The minimum atomic E-state index is -2.56. The Labute approximate surface area is 763 Å². The van der Waals surface area contributed by atoms with E-state index in [9.17, 15) is 201 Å². The van der Waals surface area contributed by atoms with Crippen LogP contribution in [0.2, 0.25) is 0 Å². The van der Waals surface area contributed by atoms with Crippen molar-refractivity contribution in [1.29, 1.82) is 0 Å². The fraction of sp³-hybridized carbons (Fsp3) is 0.562. The standard InChI is InChI=1S/C14H22N2O8.C14H24N2O8.C12H6O12.C11H18N2O9.2C11H18N2O8/c17-11(18)5-15(6-12(19)20)9-3-1-2-4-10(9)16(7-13(21)22)8-14(23)24;17-11(18)7-15(8-12(19)20)5-3-1-2-4-6-16(9-13(21)22)10-14(23)24;13-7(14)1-2(8(15)16)4(10(19)20)6(12(23)24)5(11(21)22)3(1)9(17)18;14-7(1-12(3-8(15)16)4-9(17)18)2-13(5-10(19)20)6-11(21)22;1-7(13(5-10(18)19)6-11(20)21)2-12(3-8(14)15)4-9(16)17;14-8(15)4-12(5-9(16)17)2-1-3-13(6-10(18)19)7-11(20)21/h9-10H,1-8H2,(H,17,18)(H,19,20)(H,21,22)(H,23,24);1-10H2,(H,17,18)(H,19,20)(H,21,22)(H,23,24);(H,13,14)(H,15,16)(H,17,18)(H,19,20)(H,21,22)(H,23,24);7,14H,1-6H2,(H,15,16)(H,17,18)(H,19,20)(H,21,22);7H,2-6H2,1H3,(H,14,15)(H,16,17)(H,18,19)(H,20,21);1-7H2,(H,14,15)(H,16,17)(H,18,19)(H,20,21)/p-14/t9-,10-;;;;;/m1...../s1. The highest BCUT2D eigenvalue weighted by Gasteiger charge is 2.38. The third kappa shape index (κ3) is 62.4. The van der Waals surface area contributed by atoms with Gasteiger partial charge in [-0.05, 0) is 52.1 Å². The van der Waals surface area contributed by atoms with Crippen molar-refractivity contribution in [3.63, 3.8) is 0 Å². The van der Waals surface area contributed by atoms with E-state index in [4.69, 9.17) is 61.3 Å². The van der Waals surface area contributed by atoms with Crippen LogP contribution in [0.4, 0.5) is 0 Å². The third-order valence-corrected chi connectivity index (χ3v) is 17.1. The van der Waals surface area contributed by atoms with E-state index in [0.29, 0.717) is 51.4 Å². The number of nitrogens with zero attached hydrogens (tertiary/aromatic N) is 10. The number of aromatic carboxylic acids is 6. The molecule has 1 aromatic rings. The Morgan fingerprint density at radius 1 is 0.243 bits per heavy atom. The number of rotatable bonds is 66. The molecule has 1 aliphatic rings. The maximum Gasteiger partial charge on any atom is 0.337 e. The molecule has 1 aromatic carbocycles. The molecule has 13 N–H and O–H groups in total. The zero-order valence-corrected chi connectivity index (χ0v) is 71.4. The fourth-order valence-corrected chi connectivity index (χ4v) is 12.6. The summed E-state index contributed by atoms with van der Waals surface area (Å²) in [4.78, 5) is 290. The summed E-state index contributed by atoms with van der Waals surface area (Å²) in [5, 5.41) is 265. The van der Waals surface area contributed by atoms with Gasteiger partial charge in [-0.2, -0.15) is 0 Å². The molecule has 0 spiro atoms. The molecule has 0 aliphatic heterocycles. The number of unbranched alkanes of at least 4 members (excludes halogenated alkanes) is 3. The molecule has 1 saturated carbocycles. The number of aliphatic hydroxyl groups excluding tert-OH is 1. The van der Waals surface area contributed by atoms with E-state index in [1.165, 1.54) is 26.5 Å². The third-order valence-electron chi connectivity index (χ3n) is 17.1. The summed E-state index contributed by atoms with van der Waals surface area (Å²) >= 11 is 0. The van der Waals surface area contributed by atoms with E-state index in [-0.39, 0.29) is 52.2 Å². The molecule has 0 amide bonds. The van der Waals surface area contributed by atoms with Crippen LogP contribution in [0.25, 0.3) is 0 Å². The van der Waals surface area contributed by atoms with Crippen molar-refractivity contribution >= 4 is 155 Å². The first-order valence-corrected chi connectivity index (χ1v) is 38.4. The Hall–Kier alpha value is -15.0. The van der Waals surface area contributed by atoms with E-state index in [0.717, 1.165) is 29.4 Å². The van der Waals surface area contributed by atoms with Crippen molar-refractivity contribution in [2.45, 2.75) is 88.9 Å². The molecule has 0 radical (unpaired) electrons. The first-order valence-electron chi connectivity index (χ1n) is 38.4. The Morgan fingerprint density at radius 3 is 0.640 bits per heavy atom. The lowest BCUT2D eigenvalue weighted by atomic mass is 9.86. The van der Waals surface area contributed by atoms with Crippen molar-refractivity contribution in [3.8, 4) is 0 Å². The molecule has 1 aliphatic carbocycles. The number of benzene rings is 1. The number of carbonyl (C=O) groups is 26. The zero-order valence-electron chi connectivity index (χ0n) is 71.4. The van der Waals surface area contributed by atoms with Crippen LogP contribution in [-0.2, 0) is 95.9 Å². The normalized spacial score (nSPS) is 12.7. The molecule has 1 fully saturated rings. The summed E-state index contributed by atoms with van der Waals surface area (Å²) in [7, 11) is 0. The largest absolute Gasteiger partial charge is 0.549 e. The van der Waals surface area contributed by atoms with E-state index in [1.54, 1.807) is 0 Å². The molecule has 136 heavy (non-hydrogen) atoms. The van der Waals surface area contributed by atoms with Crippen molar-refractivity contribution < 1.29 is 263 Å². The van der Waals surface area contributed by atoms with E-state index in [2.05, 4.69) is 0 Å². The monoisotopic (exact) mass is 1960 g/mol. The van der Waals surface area contributed by atoms with Gasteiger partial charge in [0.05, 0.1) is 165 Å². The van der Waals surface area contributed by atoms with Crippen LogP contribution in [-0.4, -0.2) is 472 Å². The molecule has 766 valence electrons. The summed E-state index contributed by atoms with van der Waals surface area (Å²) in [6.07, 6.45) is 3.61. The van der Waals surface area contributed by atoms with Gasteiger partial charge in [0.1, 0.15) is 0 Å². The van der Waals surface area contributed by atoms with Crippen molar-refractivity contribution in [2.24, 2.45) is 0 Å². The van der Waals surface area contributed by atoms with Gasteiger partial charge in [-0.3, -0.25) is 92.1 Å². The minimum Gasteiger partial charge on any atom is -0.549 e. The second kappa shape index (κ2) is 67.2. The van der Waals surface area contributed by atoms with Gasteiger partial charge in [-0.1, -0.05) is 25.7 Å². The summed E-state index contributed by atoms with van der Waals surface area (Å²) < 4.78 is 0. The number of aliphatic hydroxyl groups is 1. The van der Waals surface area contributed by atoms with Gasteiger partial charge in [0.25, 0.3) is 0 Å². The fourth-order valence-electron chi connectivity index (χ4n) is 12.6. The smallest absolute Gasteiger partial charge is 0.337 e. The van der Waals surface area contributed by atoms with Crippen LogP contribution in [0.3, 0.4) is 0 Å². The molecule has 0 saturated heterocycles. The average Bonchev–Trinajstić information content (AvgIpc) is 0.736. The lowest BCUT2D eigenvalue weighted by molar-refractivity contribution is -0.312. The van der Waals surface area contributed by atoms with Gasteiger partial charge in [-0.15, -0.1) is 0 Å². The van der Waals surface area contributed by atoms with Crippen LogP contribution >= 0.6 is 0 Å². The number of carboxylic acid groups (broad SMARTS) is 26. The van der Waals surface area contributed by atoms with E-state index < -0.39 is 344 Å². The van der Waals surface area contributed by atoms with Crippen molar-refractivity contribution in [2.75, 3.05) is 177 Å². The molecule has 63 nitrogen and oxygen atoms in total. The van der Waals surface area contributed by atoms with Gasteiger partial charge in [0, 0.05) is 140 Å². The summed E-state index contributed by atoms with van der Waals surface area (Å²) in [6.45, 7) is -10.7. The molecule has 2 rings (SSSR count). The van der Waals surface area contributed by atoms with Gasteiger partial charge < -0.3 is 205 Å². The first-order chi connectivity index (χ1) is 62.7. The highest BCUT2D eigenvalue weighted by Crippen LogP contribution is 2.30. The predicted octanol–water partition coefficient (Wildman–Crippen LogP) is -26.2. The lowest BCUT2D eigenvalue weighted by Crippen LogP contribution is -2.59. The number of carboxylic acids is 26. The summed E-state index contributed by atoms with van der Waals surface area (Å²) in [5.41, 5.74) is -11.0. The second-order valence-electron chi connectivity index (χ2n) is 28.4. The lowest BCUT2D eigenvalue weighted by Gasteiger charge is -2.44. The SMILES string of the molecule is CC(CN(CC(=O)[O-])CC(=O)[O-])N(CC(=O)[O-])CC(=O)O.O=C([O-])CN(CC(=O)O)CC(O)CN(CC(=O)[O-])CC(=O)O.O=C([O-])CN(CC(=O)O)[C@@H]1CCCC[C@H]1N(CC(=O)[O-])CC(=O)O.O=C([O-])CN(CCCCCCN(CC(=O)[O-])CC(=O)O)CC(=O)O.O=C([O-])CN(CCCN(CC(=O)[O-])CC(=O)O)CC(=O)O.O=C([O-])c1c(C(=O)O)c(C(=O)[O-])c(C(=O)O)c(C(=O)[O-])c1C(=O)O. The number of hydrogen-bond acceptors (Lipinski definition) is 51. The molecule has 0 aromatic heterocycles.